The molecule has 5 heteroatoms. The highest BCUT2D eigenvalue weighted by Crippen LogP contribution is 2.67. The Balaban J connectivity index is 1.81. The number of rotatable bonds is 0. The van der Waals surface area contributed by atoms with Crippen LogP contribution in [0.1, 0.15) is 66.2 Å². The third kappa shape index (κ3) is 2.08. The third-order valence-corrected chi connectivity index (χ3v) is 8.00. The molecule has 1 N–H and O–H groups in total. The number of carbonyl (C=O) groups is 2. The molecule has 2 aliphatic carbocycles. The lowest BCUT2D eigenvalue weighted by Crippen LogP contribution is -2.69. The van der Waals surface area contributed by atoms with Crippen LogP contribution in [0.3, 0.4) is 0 Å². The van der Waals surface area contributed by atoms with Gasteiger partial charge in [0.2, 0.25) is 0 Å². The van der Waals surface area contributed by atoms with Gasteiger partial charge in [0.25, 0.3) is 0 Å². The van der Waals surface area contributed by atoms with Crippen LogP contribution in [0.5, 0.6) is 0 Å². The van der Waals surface area contributed by atoms with E-state index in [0.717, 1.165) is 32.1 Å². The van der Waals surface area contributed by atoms with Gasteiger partial charge in [0.15, 0.2) is 5.78 Å². The lowest BCUT2D eigenvalue weighted by atomic mass is 9.43. The van der Waals surface area contributed by atoms with Gasteiger partial charge in [-0.15, -0.1) is 0 Å². The zero-order valence-corrected chi connectivity index (χ0v) is 15.8. The Morgan fingerprint density at radius 2 is 1.80 bits per heavy atom. The van der Waals surface area contributed by atoms with Crippen molar-refractivity contribution in [1.29, 1.82) is 0 Å². The molecule has 6 atom stereocenters. The molecule has 0 aromatic rings. The van der Waals surface area contributed by atoms with E-state index in [-0.39, 0.29) is 40.8 Å². The van der Waals surface area contributed by atoms with Crippen LogP contribution in [-0.2, 0) is 19.1 Å². The van der Waals surface area contributed by atoms with Crippen LogP contribution in [0.2, 0.25) is 0 Å². The van der Waals surface area contributed by atoms with Crippen LogP contribution in [-0.4, -0.2) is 40.8 Å². The van der Waals surface area contributed by atoms with E-state index in [2.05, 4.69) is 20.8 Å². The van der Waals surface area contributed by atoms with E-state index < -0.39 is 17.3 Å². The summed E-state index contributed by atoms with van der Waals surface area (Å²) in [6.45, 7) is 8.74. The highest BCUT2D eigenvalue weighted by Gasteiger charge is 2.72. The fourth-order valence-electron chi connectivity index (χ4n) is 6.84. The standard InChI is InChI=1S/C20H30O5/c1-12-14(22)15(23)16-17(2,3)6-5-7-18(16,4)20(12)9-8-19(25-20)10-13(21)24-11-19/h12,14,16,22H,5-11H2,1-4H3/t12-,14-,16+,18+,19-,20-/m1/s1. The second-order valence-corrected chi connectivity index (χ2v) is 9.84. The number of hydrogen-bond donors (Lipinski definition) is 1. The summed E-state index contributed by atoms with van der Waals surface area (Å²) in [5, 5.41) is 10.8. The Hall–Kier alpha value is -0.940. The maximum absolute atomic E-state index is 13.1. The minimum atomic E-state index is -0.997. The molecule has 2 spiro atoms. The number of carbonyl (C=O) groups excluding carboxylic acids is 2. The lowest BCUT2D eigenvalue weighted by Gasteiger charge is -2.63. The molecule has 0 radical (unpaired) electrons. The largest absolute Gasteiger partial charge is 0.463 e. The molecule has 0 aromatic carbocycles. The fraction of sp³-hybridized carbons (Fsp3) is 0.900. The molecule has 0 amide bonds. The van der Waals surface area contributed by atoms with E-state index in [1.54, 1.807) is 0 Å². The highest BCUT2D eigenvalue weighted by molar-refractivity contribution is 5.88. The van der Waals surface area contributed by atoms with E-state index in [9.17, 15) is 14.7 Å². The summed E-state index contributed by atoms with van der Waals surface area (Å²) < 4.78 is 12.0. The molecule has 4 rings (SSSR count). The van der Waals surface area contributed by atoms with Crippen molar-refractivity contribution in [2.24, 2.45) is 22.7 Å². The monoisotopic (exact) mass is 350 g/mol. The number of ketones is 1. The predicted octanol–water partition coefficient (Wildman–Crippen LogP) is 2.63. The van der Waals surface area contributed by atoms with Gasteiger partial charge in [0, 0.05) is 17.3 Å². The summed E-state index contributed by atoms with van der Waals surface area (Å²) >= 11 is 0. The van der Waals surface area contributed by atoms with Gasteiger partial charge in [-0.1, -0.05) is 34.1 Å². The van der Waals surface area contributed by atoms with Crippen molar-refractivity contribution in [2.45, 2.75) is 83.5 Å². The lowest BCUT2D eigenvalue weighted by molar-refractivity contribution is -0.255. The van der Waals surface area contributed by atoms with Crippen molar-refractivity contribution in [3.8, 4) is 0 Å². The molecule has 0 bridgehead atoms. The summed E-state index contributed by atoms with van der Waals surface area (Å²) in [5.41, 5.74) is -1.61. The average Bonchev–Trinajstić information content (AvgIpc) is 3.08. The quantitative estimate of drug-likeness (QED) is 0.680. The smallest absolute Gasteiger partial charge is 0.308 e. The first kappa shape index (κ1) is 17.5. The minimum absolute atomic E-state index is 0.0198. The van der Waals surface area contributed by atoms with Gasteiger partial charge in [0.1, 0.15) is 18.3 Å². The van der Waals surface area contributed by atoms with Crippen molar-refractivity contribution in [3.63, 3.8) is 0 Å². The van der Waals surface area contributed by atoms with Gasteiger partial charge in [0.05, 0.1) is 12.0 Å². The Kier molecular flexibility index (Phi) is 3.54. The minimum Gasteiger partial charge on any atom is -0.463 e. The normalized spacial score (nSPS) is 51.8. The van der Waals surface area contributed by atoms with E-state index >= 15 is 0 Å². The van der Waals surface area contributed by atoms with Crippen LogP contribution < -0.4 is 0 Å². The van der Waals surface area contributed by atoms with E-state index in [1.807, 2.05) is 6.92 Å². The summed E-state index contributed by atoms with van der Waals surface area (Å²) in [4.78, 5) is 24.8. The van der Waals surface area contributed by atoms with Crippen LogP contribution in [0.15, 0.2) is 0 Å². The summed E-state index contributed by atoms with van der Waals surface area (Å²) in [6.07, 6.45) is 3.80. The number of cyclic esters (lactones) is 1. The number of aliphatic hydroxyl groups is 1. The molecule has 4 aliphatic rings. The van der Waals surface area contributed by atoms with Gasteiger partial charge in [-0.3, -0.25) is 9.59 Å². The molecule has 25 heavy (non-hydrogen) atoms. The van der Waals surface area contributed by atoms with Crippen molar-refractivity contribution >= 4 is 11.8 Å². The molecule has 2 aliphatic heterocycles. The van der Waals surface area contributed by atoms with Crippen molar-refractivity contribution in [2.75, 3.05) is 6.61 Å². The number of hydrogen-bond acceptors (Lipinski definition) is 5. The number of aliphatic hydroxyl groups excluding tert-OH is 1. The topological polar surface area (TPSA) is 72.8 Å². The van der Waals surface area contributed by atoms with Crippen LogP contribution in [0.4, 0.5) is 0 Å². The summed E-state index contributed by atoms with van der Waals surface area (Å²) in [6, 6.07) is 0. The Labute approximate surface area is 149 Å². The zero-order chi connectivity index (χ0) is 18.3. The first-order valence-electron chi connectivity index (χ1n) is 9.65. The Bertz CT molecular complexity index is 628. The molecular weight excluding hydrogens is 320 g/mol. The zero-order valence-electron chi connectivity index (χ0n) is 15.8. The molecule has 2 saturated heterocycles. The van der Waals surface area contributed by atoms with Crippen LogP contribution in [0.25, 0.3) is 0 Å². The number of fused-ring (bicyclic) bond motifs is 2. The average molecular weight is 350 g/mol. The first-order valence-corrected chi connectivity index (χ1v) is 9.65. The van der Waals surface area contributed by atoms with Crippen molar-refractivity contribution in [1.82, 2.24) is 0 Å². The number of esters is 1. The number of ether oxygens (including phenoxy) is 2. The summed E-state index contributed by atoms with van der Waals surface area (Å²) in [5.74, 6) is -0.713. The number of Topliss-reactive ketones (excluding diaryl/α,β-unsaturated/α-hetero) is 1. The molecular formula is C20H30O5. The highest BCUT2D eigenvalue weighted by atomic mass is 16.6. The molecule has 5 nitrogen and oxygen atoms in total. The molecule has 140 valence electrons. The Morgan fingerprint density at radius 3 is 2.44 bits per heavy atom. The second kappa shape index (κ2) is 5.07. The third-order valence-electron chi connectivity index (χ3n) is 8.00. The molecule has 2 saturated carbocycles. The first-order chi connectivity index (χ1) is 11.6. The second-order valence-electron chi connectivity index (χ2n) is 9.84. The van der Waals surface area contributed by atoms with E-state index in [0.29, 0.717) is 6.61 Å². The van der Waals surface area contributed by atoms with Gasteiger partial charge in [-0.05, 0) is 31.1 Å². The molecule has 0 unspecified atom stereocenters. The van der Waals surface area contributed by atoms with Crippen molar-refractivity contribution in [3.05, 3.63) is 0 Å². The SMILES string of the molecule is C[C@@H]1[C@@H](O)C(=O)[C@H]2C(C)(C)CCC[C@]2(C)[C@@]12CC[C@@]1(COC(=O)C1)O2. The van der Waals surface area contributed by atoms with Crippen molar-refractivity contribution < 1.29 is 24.2 Å². The van der Waals surface area contributed by atoms with E-state index in [1.165, 1.54) is 0 Å². The molecule has 2 heterocycles. The maximum Gasteiger partial charge on any atom is 0.308 e. The predicted molar refractivity (Wildman–Crippen MR) is 90.8 cm³/mol. The Morgan fingerprint density at radius 1 is 1.08 bits per heavy atom. The van der Waals surface area contributed by atoms with Gasteiger partial charge >= 0.3 is 5.97 Å². The van der Waals surface area contributed by atoms with Crippen LogP contribution >= 0.6 is 0 Å². The van der Waals surface area contributed by atoms with Gasteiger partial charge in [-0.2, -0.15) is 0 Å². The van der Waals surface area contributed by atoms with Gasteiger partial charge in [-0.25, -0.2) is 0 Å². The fourth-order valence-corrected chi connectivity index (χ4v) is 6.84. The summed E-state index contributed by atoms with van der Waals surface area (Å²) in [7, 11) is 0. The maximum atomic E-state index is 13.1. The van der Waals surface area contributed by atoms with Gasteiger partial charge < -0.3 is 14.6 Å². The van der Waals surface area contributed by atoms with E-state index in [4.69, 9.17) is 9.47 Å². The molecule has 0 aromatic heterocycles. The molecule has 4 fully saturated rings. The van der Waals surface area contributed by atoms with Crippen LogP contribution in [0, 0.1) is 22.7 Å².